The van der Waals surface area contributed by atoms with Gasteiger partial charge in [0.25, 0.3) is 0 Å². The molecule has 6 nitrogen and oxygen atoms in total. The minimum Gasteiger partial charge on any atom is -0.489 e. The van der Waals surface area contributed by atoms with Gasteiger partial charge >= 0.3 is 5.97 Å². The molecule has 0 saturated carbocycles. The van der Waals surface area contributed by atoms with E-state index in [2.05, 4.69) is 5.32 Å². The molecule has 0 bridgehead atoms. The zero-order valence-corrected chi connectivity index (χ0v) is 14.4. The predicted octanol–water partition coefficient (Wildman–Crippen LogP) is 3.46. The lowest BCUT2D eigenvalue weighted by Crippen LogP contribution is -2.17. The Morgan fingerprint density at radius 3 is 2.71 bits per heavy atom. The van der Waals surface area contributed by atoms with Gasteiger partial charge in [-0.25, -0.2) is 4.79 Å². The molecule has 1 amide bonds. The van der Waals surface area contributed by atoms with Crippen LogP contribution in [0, 0.1) is 0 Å². The Hall–Kier alpha value is -2.08. The molecule has 0 aromatic heterocycles. The number of aromatic carboxylic acids is 1. The van der Waals surface area contributed by atoms with E-state index in [1.54, 1.807) is 6.07 Å². The van der Waals surface area contributed by atoms with E-state index in [-0.39, 0.29) is 29.8 Å². The van der Waals surface area contributed by atoms with E-state index in [0.717, 1.165) is 12.8 Å². The zero-order chi connectivity index (χ0) is 17.7. The molecule has 1 saturated heterocycles. The number of hydrogen-bond acceptors (Lipinski definition) is 4. The second-order valence-electron chi connectivity index (χ2n) is 6.42. The van der Waals surface area contributed by atoms with Gasteiger partial charge in [0.1, 0.15) is 5.75 Å². The van der Waals surface area contributed by atoms with Crippen molar-refractivity contribution in [2.24, 2.45) is 0 Å². The lowest BCUT2D eigenvalue weighted by molar-refractivity contribution is -0.116. The van der Waals surface area contributed by atoms with Crippen molar-refractivity contribution in [1.82, 2.24) is 0 Å². The van der Waals surface area contributed by atoms with E-state index in [0.29, 0.717) is 24.3 Å². The molecule has 2 N–H and O–H groups in total. The van der Waals surface area contributed by atoms with E-state index in [1.807, 2.05) is 20.8 Å². The predicted molar refractivity (Wildman–Crippen MR) is 90.6 cm³/mol. The molecule has 1 aliphatic rings. The highest BCUT2D eigenvalue weighted by Crippen LogP contribution is 2.28. The Bertz CT molecular complexity index is 599. The first-order valence-corrected chi connectivity index (χ1v) is 8.34. The van der Waals surface area contributed by atoms with Crippen molar-refractivity contribution in [3.05, 3.63) is 23.8 Å². The topological polar surface area (TPSA) is 84.9 Å². The third-order valence-electron chi connectivity index (χ3n) is 3.88. The number of benzene rings is 1. The number of carbonyl (C=O) groups is 2. The van der Waals surface area contributed by atoms with E-state index < -0.39 is 5.97 Å². The number of amides is 1. The van der Waals surface area contributed by atoms with Crippen LogP contribution in [0.2, 0.25) is 0 Å². The van der Waals surface area contributed by atoms with Crippen molar-refractivity contribution in [3.8, 4) is 5.75 Å². The minimum atomic E-state index is -1.05. The Kier molecular flexibility index (Phi) is 6.20. The number of anilines is 1. The molecule has 24 heavy (non-hydrogen) atoms. The van der Waals surface area contributed by atoms with Gasteiger partial charge in [0.2, 0.25) is 5.91 Å². The summed E-state index contributed by atoms with van der Waals surface area (Å²) in [6.07, 6.45) is 3.30. The Morgan fingerprint density at radius 1 is 1.38 bits per heavy atom. The Labute approximate surface area is 142 Å². The fourth-order valence-electron chi connectivity index (χ4n) is 2.72. The largest absolute Gasteiger partial charge is 0.489 e. The lowest BCUT2D eigenvalue weighted by Gasteiger charge is -2.16. The molecule has 0 spiro atoms. The molecular formula is C18H25NO5. The molecule has 2 unspecified atom stereocenters. The molecule has 6 heteroatoms. The van der Waals surface area contributed by atoms with Gasteiger partial charge < -0.3 is 19.9 Å². The summed E-state index contributed by atoms with van der Waals surface area (Å²) in [5.41, 5.74) is 0.490. The summed E-state index contributed by atoms with van der Waals surface area (Å²) in [5, 5.41) is 11.9. The first kappa shape index (κ1) is 18.3. The quantitative estimate of drug-likeness (QED) is 0.797. The standard InChI is InChI=1S/C18H25NO5/c1-11(2)23-16-8-5-13(18(21)22)10-15(16)19-17(20)9-7-14-6-4-12(3)24-14/h5,8,10-12,14H,4,6-7,9H2,1-3H3,(H,19,20)(H,21,22). The van der Waals surface area contributed by atoms with Gasteiger partial charge in [-0.2, -0.15) is 0 Å². The fraction of sp³-hybridized carbons (Fsp3) is 0.556. The molecule has 2 rings (SSSR count). The monoisotopic (exact) mass is 335 g/mol. The summed E-state index contributed by atoms with van der Waals surface area (Å²) in [7, 11) is 0. The number of nitrogens with one attached hydrogen (secondary N) is 1. The molecule has 1 aromatic carbocycles. The highest BCUT2D eigenvalue weighted by atomic mass is 16.5. The van der Waals surface area contributed by atoms with Crippen molar-refractivity contribution in [1.29, 1.82) is 0 Å². The van der Waals surface area contributed by atoms with Crippen molar-refractivity contribution in [2.45, 2.75) is 64.8 Å². The molecule has 1 heterocycles. The normalized spacial score (nSPS) is 20.2. The van der Waals surface area contributed by atoms with Gasteiger partial charge in [-0.3, -0.25) is 4.79 Å². The molecule has 1 fully saturated rings. The summed E-state index contributed by atoms with van der Waals surface area (Å²) >= 11 is 0. The van der Waals surface area contributed by atoms with Crippen molar-refractivity contribution >= 4 is 17.6 Å². The van der Waals surface area contributed by atoms with Crippen LogP contribution in [-0.2, 0) is 9.53 Å². The van der Waals surface area contributed by atoms with E-state index in [1.165, 1.54) is 12.1 Å². The lowest BCUT2D eigenvalue weighted by atomic mass is 10.1. The summed E-state index contributed by atoms with van der Waals surface area (Å²) in [6.45, 7) is 5.78. The van der Waals surface area contributed by atoms with Gasteiger partial charge in [-0.05, 0) is 58.2 Å². The van der Waals surface area contributed by atoms with Gasteiger partial charge in [-0.15, -0.1) is 0 Å². The summed E-state index contributed by atoms with van der Waals surface area (Å²) < 4.78 is 11.3. The maximum Gasteiger partial charge on any atom is 0.335 e. The van der Waals surface area contributed by atoms with E-state index in [9.17, 15) is 9.59 Å². The SMILES string of the molecule is CC(C)Oc1ccc(C(=O)O)cc1NC(=O)CCC1CCC(C)O1. The highest BCUT2D eigenvalue weighted by Gasteiger charge is 2.22. The van der Waals surface area contributed by atoms with Gasteiger partial charge in [-0.1, -0.05) is 0 Å². The second-order valence-corrected chi connectivity index (χ2v) is 6.42. The van der Waals surface area contributed by atoms with Gasteiger partial charge in [0.15, 0.2) is 0 Å². The van der Waals surface area contributed by atoms with Crippen LogP contribution in [-0.4, -0.2) is 35.3 Å². The fourth-order valence-corrected chi connectivity index (χ4v) is 2.72. The van der Waals surface area contributed by atoms with Crippen LogP contribution in [0.5, 0.6) is 5.75 Å². The molecule has 0 radical (unpaired) electrons. The maximum atomic E-state index is 12.2. The van der Waals surface area contributed by atoms with Gasteiger partial charge in [0.05, 0.1) is 29.6 Å². The number of carbonyl (C=O) groups excluding carboxylic acids is 1. The number of hydrogen-bond donors (Lipinski definition) is 2. The van der Waals surface area contributed by atoms with Crippen molar-refractivity contribution < 1.29 is 24.2 Å². The maximum absolute atomic E-state index is 12.2. The third kappa shape index (κ3) is 5.23. The van der Waals surface area contributed by atoms with Crippen LogP contribution in [0.4, 0.5) is 5.69 Å². The second kappa shape index (κ2) is 8.15. The highest BCUT2D eigenvalue weighted by molar-refractivity contribution is 5.95. The molecule has 0 aliphatic carbocycles. The molecule has 2 atom stereocenters. The molecular weight excluding hydrogens is 310 g/mol. The first-order valence-electron chi connectivity index (χ1n) is 8.34. The number of carboxylic acid groups (broad SMARTS) is 1. The average Bonchev–Trinajstić information content (AvgIpc) is 2.92. The molecule has 1 aliphatic heterocycles. The Morgan fingerprint density at radius 2 is 2.12 bits per heavy atom. The first-order chi connectivity index (χ1) is 11.3. The summed E-state index contributed by atoms with van der Waals surface area (Å²) in [4.78, 5) is 23.3. The van der Waals surface area contributed by atoms with Crippen LogP contribution in [0.15, 0.2) is 18.2 Å². The number of carboxylic acids is 1. The Balaban J connectivity index is 2.01. The van der Waals surface area contributed by atoms with Crippen LogP contribution >= 0.6 is 0 Å². The van der Waals surface area contributed by atoms with Crippen molar-refractivity contribution in [2.75, 3.05) is 5.32 Å². The van der Waals surface area contributed by atoms with Crippen molar-refractivity contribution in [3.63, 3.8) is 0 Å². The number of rotatable bonds is 7. The molecule has 1 aromatic rings. The van der Waals surface area contributed by atoms with Crippen LogP contribution in [0.25, 0.3) is 0 Å². The van der Waals surface area contributed by atoms with Gasteiger partial charge in [0, 0.05) is 6.42 Å². The zero-order valence-electron chi connectivity index (χ0n) is 14.4. The van der Waals surface area contributed by atoms with Crippen LogP contribution in [0.1, 0.15) is 56.8 Å². The summed E-state index contributed by atoms with van der Waals surface area (Å²) in [5.74, 6) is -0.752. The minimum absolute atomic E-state index is 0.0790. The molecule has 132 valence electrons. The average molecular weight is 335 g/mol. The van der Waals surface area contributed by atoms with E-state index in [4.69, 9.17) is 14.6 Å². The third-order valence-corrected chi connectivity index (χ3v) is 3.88. The number of ether oxygens (including phenoxy) is 2. The summed E-state index contributed by atoms with van der Waals surface area (Å²) in [6, 6.07) is 4.45. The van der Waals surface area contributed by atoms with Crippen LogP contribution < -0.4 is 10.1 Å². The van der Waals surface area contributed by atoms with E-state index >= 15 is 0 Å². The smallest absolute Gasteiger partial charge is 0.335 e. The van der Waals surface area contributed by atoms with Crippen LogP contribution in [0.3, 0.4) is 0 Å².